The van der Waals surface area contributed by atoms with Crippen LogP contribution in [-0.2, 0) is 20.5 Å². The number of amides is 2. The maximum Gasteiger partial charge on any atom is 0.495 e. The third-order valence-electron chi connectivity index (χ3n) is 6.62. The van der Waals surface area contributed by atoms with E-state index in [0.717, 1.165) is 23.1 Å². The molecule has 1 N–H and O–H groups in total. The fourth-order valence-corrected chi connectivity index (χ4v) is 4.31. The molecule has 3 aliphatic heterocycles. The van der Waals surface area contributed by atoms with E-state index in [1.165, 1.54) is 4.90 Å². The molecule has 2 fully saturated rings. The summed E-state index contributed by atoms with van der Waals surface area (Å²) in [5, 5.41) is 9.38. The number of carbonyl (C=O) groups is 2. The van der Waals surface area contributed by atoms with E-state index in [1.54, 1.807) is 4.90 Å². The summed E-state index contributed by atoms with van der Waals surface area (Å²) in [6.45, 7) is 9.05. The van der Waals surface area contributed by atoms with Crippen molar-refractivity contribution in [2.24, 2.45) is 0 Å². The van der Waals surface area contributed by atoms with Crippen molar-refractivity contribution < 1.29 is 24.0 Å². The number of likely N-dealkylation sites (tertiary alicyclic amines) is 1. The van der Waals surface area contributed by atoms with Gasteiger partial charge >= 0.3 is 13.2 Å². The summed E-state index contributed by atoms with van der Waals surface area (Å²) >= 11 is 0. The maximum atomic E-state index is 13.1. The first-order valence-electron chi connectivity index (χ1n) is 9.91. The van der Waals surface area contributed by atoms with Crippen molar-refractivity contribution in [2.45, 2.75) is 64.2 Å². The normalized spacial score (nSPS) is 25.3. The van der Waals surface area contributed by atoms with Crippen LogP contribution in [0.1, 0.15) is 46.1 Å². The number of fused-ring (bicyclic) bond motifs is 1. The van der Waals surface area contributed by atoms with Gasteiger partial charge in [0.25, 0.3) is 0 Å². The van der Waals surface area contributed by atoms with Crippen LogP contribution in [0.2, 0.25) is 0 Å². The maximum absolute atomic E-state index is 13.1. The van der Waals surface area contributed by atoms with E-state index in [9.17, 15) is 14.7 Å². The van der Waals surface area contributed by atoms with Gasteiger partial charge in [-0.3, -0.25) is 9.69 Å². The lowest BCUT2D eigenvalue weighted by molar-refractivity contribution is -0.122. The van der Waals surface area contributed by atoms with E-state index in [1.807, 2.05) is 45.9 Å². The first-order valence-corrected chi connectivity index (χ1v) is 9.91. The van der Waals surface area contributed by atoms with Gasteiger partial charge in [0.05, 0.1) is 11.2 Å². The van der Waals surface area contributed by atoms with E-state index in [2.05, 4.69) is 0 Å². The molecule has 2 saturated heterocycles. The van der Waals surface area contributed by atoms with Gasteiger partial charge in [0, 0.05) is 18.8 Å². The van der Waals surface area contributed by atoms with Crippen LogP contribution in [0.25, 0.3) is 0 Å². The number of rotatable bonds is 2. The minimum Gasteiger partial charge on any atom is -0.465 e. The second-order valence-corrected chi connectivity index (χ2v) is 8.81. The SMILES string of the molecule is CC1(C)OB(c2cccc3c2CCN3C(=O)C2CCCN2C(=O)O)OC1(C)C. The Morgan fingerprint density at radius 2 is 1.82 bits per heavy atom. The first-order chi connectivity index (χ1) is 13.1. The van der Waals surface area contributed by atoms with Gasteiger partial charge in [-0.15, -0.1) is 0 Å². The molecule has 0 spiro atoms. The zero-order valence-electron chi connectivity index (χ0n) is 16.9. The van der Waals surface area contributed by atoms with Crippen LogP contribution in [-0.4, -0.2) is 59.5 Å². The number of hydrogen-bond donors (Lipinski definition) is 1. The third-order valence-corrected chi connectivity index (χ3v) is 6.62. The Balaban J connectivity index is 1.62. The predicted molar refractivity (Wildman–Crippen MR) is 106 cm³/mol. The third kappa shape index (κ3) is 2.90. The molecular weight excluding hydrogens is 359 g/mol. The zero-order valence-corrected chi connectivity index (χ0v) is 16.9. The van der Waals surface area contributed by atoms with Crippen LogP contribution >= 0.6 is 0 Å². The molecule has 0 aliphatic carbocycles. The van der Waals surface area contributed by atoms with Gasteiger partial charge in [-0.2, -0.15) is 0 Å². The van der Waals surface area contributed by atoms with E-state index in [4.69, 9.17) is 9.31 Å². The topological polar surface area (TPSA) is 79.3 Å². The minimum atomic E-state index is -1.03. The molecule has 2 amide bonds. The molecule has 3 aliphatic rings. The lowest BCUT2D eigenvalue weighted by atomic mass is 9.75. The fourth-order valence-electron chi connectivity index (χ4n) is 4.31. The highest BCUT2D eigenvalue weighted by Crippen LogP contribution is 2.38. The highest BCUT2D eigenvalue weighted by atomic mass is 16.7. The number of carbonyl (C=O) groups excluding carboxylic acids is 1. The van der Waals surface area contributed by atoms with Crippen LogP contribution in [0.3, 0.4) is 0 Å². The first kappa shape index (κ1) is 19.3. The average Bonchev–Trinajstić information content (AvgIpc) is 3.30. The predicted octanol–water partition coefficient (Wildman–Crippen LogP) is 2.02. The molecule has 28 heavy (non-hydrogen) atoms. The quantitative estimate of drug-likeness (QED) is 0.787. The number of carboxylic acid groups (broad SMARTS) is 1. The molecule has 0 saturated carbocycles. The Labute approximate surface area is 165 Å². The number of benzene rings is 1. The van der Waals surface area contributed by atoms with E-state index in [-0.39, 0.29) is 5.91 Å². The molecule has 4 rings (SSSR count). The monoisotopic (exact) mass is 386 g/mol. The second-order valence-electron chi connectivity index (χ2n) is 8.81. The van der Waals surface area contributed by atoms with Crippen LogP contribution in [0, 0.1) is 0 Å². The van der Waals surface area contributed by atoms with Crippen molar-refractivity contribution in [3.8, 4) is 0 Å². The van der Waals surface area contributed by atoms with Crippen molar-refractivity contribution in [1.82, 2.24) is 4.90 Å². The zero-order chi connectivity index (χ0) is 20.3. The molecule has 1 aromatic carbocycles. The second kappa shape index (κ2) is 6.49. The van der Waals surface area contributed by atoms with Crippen LogP contribution in [0.15, 0.2) is 18.2 Å². The summed E-state index contributed by atoms with van der Waals surface area (Å²) in [7, 11) is -0.475. The number of nitrogens with zero attached hydrogens (tertiary/aromatic N) is 2. The standard InChI is InChI=1S/C20H27BN2O5/c1-19(2)20(3,4)28-21(27-19)14-7-5-8-15-13(14)10-12-22(15)17(24)16-9-6-11-23(16)18(25)26/h5,7-8,16H,6,9-12H2,1-4H3,(H,25,26). The molecule has 1 unspecified atom stereocenters. The highest BCUT2D eigenvalue weighted by molar-refractivity contribution is 6.63. The molecule has 0 radical (unpaired) electrons. The van der Waals surface area contributed by atoms with E-state index < -0.39 is 30.5 Å². The smallest absolute Gasteiger partial charge is 0.465 e. The van der Waals surface area contributed by atoms with Crippen LogP contribution < -0.4 is 10.4 Å². The minimum absolute atomic E-state index is 0.135. The molecule has 1 atom stereocenters. The molecule has 8 heteroatoms. The van der Waals surface area contributed by atoms with Gasteiger partial charge in [-0.25, -0.2) is 4.79 Å². The van der Waals surface area contributed by atoms with Crippen molar-refractivity contribution >= 4 is 30.3 Å². The van der Waals surface area contributed by atoms with Gasteiger partial charge < -0.3 is 19.3 Å². The Hall–Kier alpha value is -2.06. The highest BCUT2D eigenvalue weighted by Gasteiger charge is 2.52. The Morgan fingerprint density at radius 3 is 2.46 bits per heavy atom. The molecule has 0 aromatic heterocycles. The fraction of sp³-hybridized carbons (Fsp3) is 0.600. The van der Waals surface area contributed by atoms with Gasteiger partial charge in [-0.1, -0.05) is 12.1 Å². The lowest BCUT2D eigenvalue weighted by Crippen LogP contribution is -2.47. The molecule has 3 heterocycles. The largest absolute Gasteiger partial charge is 0.495 e. The van der Waals surface area contributed by atoms with Gasteiger partial charge in [0.15, 0.2) is 0 Å². The average molecular weight is 386 g/mol. The van der Waals surface area contributed by atoms with Crippen molar-refractivity contribution in [1.29, 1.82) is 0 Å². The Morgan fingerprint density at radius 1 is 1.14 bits per heavy atom. The van der Waals surface area contributed by atoms with Gasteiger partial charge in [-0.05, 0) is 64.1 Å². The summed E-state index contributed by atoms with van der Waals surface area (Å²) in [5.41, 5.74) is 1.98. The Bertz CT molecular complexity index is 809. The molecular formula is C20H27BN2O5. The molecule has 7 nitrogen and oxygen atoms in total. The Kier molecular flexibility index (Phi) is 4.47. The number of anilines is 1. The molecule has 0 bridgehead atoms. The molecule has 1 aromatic rings. The molecule has 150 valence electrons. The summed E-state index contributed by atoms with van der Waals surface area (Å²) in [5.74, 6) is -0.135. The van der Waals surface area contributed by atoms with E-state index in [0.29, 0.717) is 25.9 Å². The number of hydrogen-bond acceptors (Lipinski definition) is 4. The van der Waals surface area contributed by atoms with Crippen LogP contribution in [0.5, 0.6) is 0 Å². The van der Waals surface area contributed by atoms with Crippen molar-refractivity contribution in [3.63, 3.8) is 0 Å². The van der Waals surface area contributed by atoms with Crippen LogP contribution in [0.4, 0.5) is 10.5 Å². The van der Waals surface area contributed by atoms with Gasteiger partial charge in [0.1, 0.15) is 6.04 Å². The summed E-state index contributed by atoms with van der Waals surface area (Å²) in [6, 6.07) is 5.24. The summed E-state index contributed by atoms with van der Waals surface area (Å²) in [6.07, 6.45) is 0.980. The van der Waals surface area contributed by atoms with Crippen molar-refractivity contribution in [3.05, 3.63) is 23.8 Å². The van der Waals surface area contributed by atoms with E-state index >= 15 is 0 Å². The lowest BCUT2D eigenvalue weighted by Gasteiger charge is -2.32. The summed E-state index contributed by atoms with van der Waals surface area (Å²) < 4.78 is 12.4. The summed E-state index contributed by atoms with van der Waals surface area (Å²) in [4.78, 5) is 27.6. The van der Waals surface area contributed by atoms with Gasteiger partial charge in [0.2, 0.25) is 5.91 Å². The van der Waals surface area contributed by atoms with Crippen molar-refractivity contribution in [2.75, 3.05) is 18.0 Å².